The molecule has 0 bridgehead atoms. The first-order valence-electron chi connectivity index (χ1n) is 8.81. The summed E-state index contributed by atoms with van der Waals surface area (Å²) in [6.45, 7) is 0. The Hall–Kier alpha value is -4.14. The van der Waals surface area contributed by atoms with Crippen molar-refractivity contribution in [1.82, 2.24) is 0 Å². The minimum absolute atomic E-state index is 0. The van der Waals surface area contributed by atoms with E-state index >= 15 is 0 Å². The van der Waals surface area contributed by atoms with Crippen LogP contribution in [0.5, 0.6) is 11.5 Å². The molecule has 0 amide bonds. The summed E-state index contributed by atoms with van der Waals surface area (Å²) < 4.78 is 0. The molecule has 0 fully saturated rings. The summed E-state index contributed by atoms with van der Waals surface area (Å²) in [5.74, 6) is -3.73. The first kappa shape index (κ1) is 23.1. The Balaban J connectivity index is 0.00000111. The number of benzene rings is 4. The Kier molecular flexibility index (Phi) is 6.81. The predicted molar refractivity (Wildman–Crippen MR) is 116 cm³/mol. The Labute approximate surface area is 176 Å². The van der Waals surface area contributed by atoms with Crippen molar-refractivity contribution in [3.63, 3.8) is 0 Å². The lowest BCUT2D eigenvalue weighted by Crippen LogP contribution is -2.01. The van der Waals surface area contributed by atoms with Crippen LogP contribution in [0.1, 0.15) is 20.7 Å². The van der Waals surface area contributed by atoms with Crippen LogP contribution in [-0.2, 0) is 0 Å². The van der Waals surface area contributed by atoms with Gasteiger partial charge in [0.2, 0.25) is 0 Å². The lowest BCUT2D eigenvalue weighted by molar-refractivity contribution is 0.0682. The number of rotatable bonds is 3. The maximum Gasteiger partial charge on any atom is 0.339 e. The summed E-state index contributed by atoms with van der Waals surface area (Å²) in [5, 5.41) is 49.6. The van der Waals surface area contributed by atoms with Crippen LogP contribution in [0.4, 0.5) is 0 Å². The average Bonchev–Trinajstić information content (AvgIpc) is 2.75. The number of fused-ring (bicyclic) bond motifs is 2. The van der Waals surface area contributed by atoms with E-state index in [0.29, 0.717) is 21.5 Å². The van der Waals surface area contributed by atoms with E-state index in [1.54, 1.807) is 48.5 Å². The number of aliphatic hydroxyl groups is 1. The molecule has 0 atom stereocenters. The Morgan fingerprint density at radius 1 is 0.645 bits per heavy atom. The van der Waals surface area contributed by atoms with Gasteiger partial charge in [-0.1, -0.05) is 48.5 Å². The number of carbonyl (C=O) groups is 2. The lowest BCUT2D eigenvalue weighted by Gasteiger charge is -2.17. The summed E-state index contributed by atoms with van der Waals surface area (Å²) in [7, 11) is 1.00. The lowest BCUT2D eigenvalue weighted by atomic mass is 9.89. The number of aliphatic hydroxyl groups excluding tert-OH is 1. The van der Waals surface area contributed by atoms with Gasteiger partial charge in [-0.15, -0.1) is 0 Å². The molecule has 7 N–H and O–H groups in total. The summed E-state index contributed by atoms with van der Waals surface area (Å²) in [4.78, 5) is 23.3. The highest BCUT2D eigenvalue weighted by Crippen LogP contribution is 2.47. The van der Waals surface area contributed by atoms with Gasteiger partial charge in [-0.25, -0.2) is 9.59 Å². The zero-order chi connectivity index (χ0) is 22.0. The molecule has 8 nitrogen and oxygen atoms in total. The molecule has 0 unspecified atom stereocenters. The van der Waals surface area contributed by atoms with Crippen LogP contribution in [0.3, 0.4) is 0 Å². The average molecular weight is 424 g/mol. The fraction of sp³-hybridized carbons (Fsp3) is 0.0435. The first-order chi connectivity index (χ1) is 14.4. The number of carboxylic acid groups (broad SMARTS) is 2. The molecule has 4 aromatic carbocycles. The molecule has 0 heterocycles. The van der Waals surface area contributed by atoms with Crippen LogP contribution in [0.2, 0.25) is 0 Å². The van der Waals surface area contributed by atoms with Crippen LogP contribution in [-0.4, -0.2) is 50.1 Å². The van der Waals surface area contributed by atoms with E-state index in [1.165, 1.54) is 12.1 Å². The topological polar surface area (TPSA) is 167 Å². The molecule has 0 saturated heterocycles. The van der Waals surface area contributed by atoms with Crippen LogP contribution in [0.25, 0.3) is 32.7 Å². The van der Waals surface area contributed by atoms with Crippen LogP contribution in [0, 0.1) is 0 Å². The number of aromatic hydroxyl groups is 2. The minimum atomic E-state index is -1.33. The summed E-state index contributed by atoms with van der Waals surface area (Å²) in [6.07, 6.45) is 0. The van der Waals surface area contributed by atoms with Gasteiger partial charge in [-0.05, 0) is 33.7 Å². The summed E-state index contributed by atoms with van der Waals surface area (Å²) >= 11 is 0. The number of carboxylic acids is 2. The van der Waals surface area contributed by atoms with Crippen LogP contribution in [0.15, 0.2) is 60.7 Å². The quantitative estimate of drug-likeness (QED) is 0.336. The number of hydrogen-bond donors (Lipinski definition) is 5. The van der Waals surface area contributed by atoms with Gasteiger partial charge in [0.25, 0.3) is 0 Å². The third-order valence-electron chi connectivity index (χ3n) is 4.75. The molecule has 4 rings (SSSR count). The highest BCUT2D eigenvalue weighted by Gasteiger charge is 2.25. The molecule has 0 spiro atoms. The van der Waals surface area contributed by atoms with Crippen LogP contribution < -0.4 is 0 Å². The van der Waals surface area contributed by atoms with Crippen molar-refractivity contribution < 1.29 is 40.6 Å². The highest BCUT2D eigenvalue weighted by molar-refractivity contribution is 6.15. The molecule has 0 aliphatic rings. The SMILES string of the molecule is CO.O.O=C(O)c1cc2ccccc2c(-c2c(O)c(C(=O)O)cc3ccccc23)c1O. The monoisotopic (exact) mass is 424 g/mol. The van der Waals surface area contributed by atoms with Crippen molar-refractivity contribution in [3.8, 4) is 22.6 Å². The maximum atomic E-state index is 11.7. The first-order valence-corrected chi connectivity index (χ1v) is 8.81. The van der Waals surface area contributed by atoms with Gasteiger partial charge in [0, 0.05) is 18.2 Å². The minimum Gasteiger partial charge on any atom is -0.506 e. The van der Waals surface area contributed by atoms with E-state index in [0.717, 1.165) is 7.11 Å². The second-order valence-corrected chi connectivity index (χ2v) is 6.35. The molecular formula is C23H20O8. The molecular weight excluding hydrogens is 404 g/mol. The zero-order valence-corrected chi connectivity index (χ0v) is 16.3. The second kappa shape index (κ2) is 9.12. The van der Waals surface area contributed by atoms with Gasteiger partial charge in [0.05, 0.1) is 0 Å². The van der Waals surface area contributed by atoms with E-state index in [2.05, 4.69) is 0 Å². The molecule has 0 aromatic heterocycles. The molecule has 0 aliphatic heterocycles. The smallest absolute Gasteiger partial charge is 0.339 e. The van der Waals surface area contributed by atoms with Crippen molar-refractivity contribution in [1.29, 1.82) is 0 Å². The third-order valence-corrected chi connectivity index (χ3v) is 4.75. The van der Waals surface area contributed by atoms with Crippen molar-refractivity contribution in [2.75, 3.05) is 7.11 Å². The largest absolute Gasteiger partial charge is 0.506 e. The fourth-order valence-electron chi connectivity index (χ4n) is 3.51. The normalized spacial score (nSPS) is 10.1. The van der Waals surface area contributed by atoms with Crippen molar-refractivity contribution in [2.45, 2.75) is 0 Å². The summed E-state index contributed by atoms with van der Waals surface area (Å²) in [6, 6.07) is 16.3. The standard InChI is InChI=1S/C22H14O6.CH4O.H2O/c23-19-15(21(25)26)9-11-5-1-3-7-13(11)17(19)18-14-8-4-2-6-12(14)10-16(20(18)24)22(27)28;1-2;/h1-10,23-24H,(H,25,26)(H,27,28);2H,1H3;1H2. The van der Waals surface area contributed by atoms with E-state index < -0.39 is 23.4 Å². The third kappa shape index (κ3) is 3.85. The molecule has 0 saturated carbocycles. The number of phenols is 2. The Morgan fingerprint density at radius 3 is 1.29 bits per heavy atom. The van der Waals surface area contributed by atoms with Crippen LogP contribution >= 0.6 is 0 Å². The van der Waals surface area contributed by atoms with E-state index in [-0.39, 0.29) is 27.7 Å². The number of aromatic carboxylic acids is 2. The molecule has 4 aromatic rings. The maximum absolute atomic E-state index is 11.7. The van der Waals surface area contributed by atoms with Gasteiger partial charge < -0.3 is 31.0 Å². The Morgan fingerprint density at radius 2 is 0.968 bits per heavy atom. The van der Waals surface area contributed by atoms with Crippen molar-refractivity contribution in [2.24, 2.45) is 0 Å². The summed E-state index contributed by atoms with van der Waals surface area (Å²) in [5.41, 5.74) is -0.518. The molecule has 0 radical (unpaired) electrons. The molecule has 0 aliphatic carbocycles. The van der Waals surface area contributed by atoms with E-state index in [1.807, 2.05) is 0 Å². The Bertz CT molecular complexity index is 1190. The predicted octanol–water partition coefficient (Wildman–Crippen LogP) is 3.25. The van der Waals surface area contributed by atoms with Gasteiger partial charge in [0.15, 0.2) is 0 Å². The second-order valence-electron chi connectivity index (χ2n) is 6.35. The molecule has 8 heteroatoms. The van der Waals surface area contributed by atoms with Crippen molar-refractivity contribution >= 4 is 33.5 Å². The fourth-order valence-corrected chi connectivity index (χ4v) is 3.51. The zero-order valence-electron chi connectivity index (χ0n) is 16.3. The van der Waals surface area contributed by atoms with E-state index in [4.69, 9.17) is 5.11 Å². The van der Waals surface area contributed by atoms with Gasteiger partial charge in [0.1, 0.15) is 22.6 Å². The van der Waals surface area contributed by atoms with Crippen molar-refractivity contribution in [3.05, 3.63) is 71.8 Å². The van der Waals surface area contributed by atoms with Gasteiger partial charge in [-0.3, -0.25) is 0 Å². The number of hydrogen-bond acceptors (Lipinski definition) is 5. The van der Waals surface area contributed by atoms with Gasteiger partial charge in [-0.2, -0.15) is 0 Å². The van der Waals surface area contributed by atoms with E-state index in [9.17, 15) is 30.0 Å². The highest BCUT2D eigenvalue weighted by atomic mass is 16.4. The molecule has 160 valence electrons. The van der Waals surface area contributed by atoms with Gasteiger partial charge >= 0.3 is 11.9 Å². The molecule has 31 heavy (non-hydrogen) atoms.